The van der Waals surface area contributed by atoms with Crippen molar-refractivity contribution in [1.82, 2.24) is 4.31 Å². The number of nitrogens with zero attached hydrogens (tertiary/aromatic N) is 1. The normalized spacial score (nSPS) is 14.4. The predicted molar refractivity (Wildman–Crippen MR) is 115 cm³/mol. The van der Waals surface area contributed by atoms with Crippen molar-refractivity contribution in [2.24, 2.45) is 0 Å². The first-order chi connectivity index (χ1) is 14.5. The highest BCUT2D eigenvalue weighted by molar-refractivity contribution is 7.89. The lowest BCUT2D eigenvalue weighted by molar-refractivity contribution is 0.102. The molecule has 1 saturated heterocycles. The quantitative estimate of drug-likeness (QED) is 0.634. The van der Waals surface area contributed by atoms with Gasteiger partial charge < -0.3 is 10.1 Å². The van der Waals surface area contributed by atoms with Gasteiger partial charge in [0.05, 0.1) is 4.90 Å². The second-order valence-corrected chi connectivity index (χ2v) is 8.97. The van der Waals surface area contributed by atoms with Crippen LogP contribution in [0, 0.1) is 0 Å². The summed E-state index contributed by atoms with van der Waals surface area (Å²) in [4.78, 5) is 12.9. The summed E-state index contributed by atoms with van der Waals surface area (Å²) in [6.07, 6.45) is 1.74. The Kier molecular flexibility index (Phi) is 5.83. The molecule has 1 aliphatic heterocycles. The van der Waals surface area contributed by atoms with Crippen LogP contribution in [0.15, 0.2) is 83.8 Å². The highest BCUT2D eigenvalue weighted by Gasteiger charge is 2.27. The third-order valence-corrected chi connectivity index (χ3v) is 6.76. The summed E-state index contributed by atoms with van der Waals surface area (Å²) < 4.78 is 32.8. The van der Waals surface area contributed by atoms with E-state index in [4.69, 9.17) is 4.74 Å². The Bertz CT molecular complexity index is 1140. The van der Waals surface area contributed by atoms with Crippen molar-refractivity contribution in [2.75, 3.05) is 18.4 Å². The summed E-state index contributed by atoms with van der Waals surface area (Å²) in [5.41, 5.74) is 0.839. The van der Waals surface area contributed by atoms with Gasteiger partial charge in [-0.05, 0) is 61.4 Å². The van der Waals surface area contributed by atoms with E-state index in [1.165, 1.54) is 10.4 Å². The molecule has 0 saturated carbocycles. The van der Waals surface area contributed by atoms with E-state index in [-0.39, 0.29) is 10.8 Å². The van der Waals surface area contributed by atoms with Gasteiger partial charge in [-0.3, -0.25) is 4.79 Å². The average Bonchev–Trinajstić information content (AvgIpc) is 3.31. The Labute approximate surface area is 176 Å². The third kappa shape index (κ3) is 4.53. The Morgan fingerprint density at radius 2 is 1.53 bits per heavy atom. The van der Waals surface area contributed by atoms with Crippen molar-refractivity contribution in [1.29, 1.82) is 0 Å². The van der Waals surface area contributed by atoms with E-state index in [2.05, 4.69) is 5.32 Å². The SMILES string of the molecule is O=C(Nc1cccc(S(=O)(=O)N2CCCC2)c1)c1cccc(Oc2ccccc2)c1. The number of hydrogen-bond acceptors (Lipinski definition) is 4. The molecule has 0 aliphatic carbocycles. The van der Waals surface area contributed by atoms with E-state index in [9.17, 15) is 13.2 Å². The molecule has 3 aromatic rings. The van der Waals surface area contributed by atoms with Gasteiger partial charge in [0.25, 0.3) is 5.91 Å². The van der Waals surface area contributed by atoms with Gasteiger partial charge in [0.15, 0.2) is 0 Å². The largest absolute Gasteiger partial charge is 0.457 e. The first-order valence-corrected chi connectivity index (χ1v) is 11.2. The van der Waals surface area contributed by atoms with Crippen LogP contribution in [0.25, 0.3) is 0 Å². The maximum atomic E-state index is 12.8. The number of anilines is 1. The first-order valence-electron chi connectivity index (χ1n) is 9.77. The van der Waals surface area contributed by atoms with Crippen molar-refractivity contribution in [3.8, 4) is 11.5 Å². The molecule has 1 fully saturated rings. The lowest BCUT2D eigenvalue weighted by Gasteiger charge is -2.16. The van der Waals surface area contributed by atoms with Gasteiger partial charge in [0.1, 0.15) is 11.5 Å². The zero-order chi connectivity index (χ0) is 21.0. The monoisotopic (exact) mass is 422 g/mol. The van der Waals surface area contributed by atoms with Gasteiger partial charge in [-0.2, -0.15) is 4.31 Å². The molecule has 30 heavy (non-hydrogen) atoms. The highest BCUT2D eigenvalue weighted by atomic mass is 32.2. The van der Waals surface area contributed by atoms with Crippen LogP contribution in [0.5, 0.6) is 11.5 Å². The second-order valence-electron chi connectivity index (χ2n) is 7.04. The van der Waals surface area contributed by atoms with E-state index in [0.717, 1.165) is 12.8 Å². The fourth-order valence-corrected chi connectivity index (χ4v) is 4.90. The fourth-order valence-electron chi connectivity index (χ4n) is 3.34. The van der Waals surface area contributed by atoms with Crippen molar-refractivity contribution in [2.45, 2.75) is 17.7 Å². The smallest absolute Gasteiger partial charge is 0.255 e. The lowest BCUT2D eigenvalue weighted by Crippen LogP contribution is -2.27. The number of nitrogens with one attached hydrogen (secondary N) is 1. The summed E-state index contributed by atoms with van der Waals surface area (Å²) in [6, 6.07) is 22.5. The summed E-state index contributed by atoms with van der Waals surface area (Å²) in [7, 11) is -3.54. The first kappa shape index (κ1) is 20.1. The Balaban J connectivity index is 1.50. The predicted octanol–water partition coefficient (Wildman–Crippen LogP) is 4.52. The lowest BCUT2D eigenvalue weighted by atomic mass is 10.2. The Morgan fingerprint density at radius 3 is 2.30 bits per heavy atom. The number of hydrogen-bond donors (Lipinski definition) is 1. The molecular weight excluding hydrogens is 400 g/mol. The van der Waals surface area contributed by atoms with Crippen molar-refractivity contribution < 1.29 is 17.9 Å². The van der Waals surface area contributed by atoms with Gasteiger partial charge in [-0.1, -0.05) is 30.3 Å². The minimum atomic E-state index is -3.54. The standard InChI is InChI=1S/C23H22N2O4S/c26-23(18-8-6-12-21(16-18)29-20-10-2-1-3-11-20)24-19-9-7-13-22(17-19)30(27,28)25-14-4-5-15-25/h1-3,6-13,16-17H,4-5,14-15H2,(H,24,26). The molecule has 0 unspecified atom stereocenters. The molecule has 7 heteroatoms. The van der Waals surface area contributed by atoms with Crippen LogP contribution in [0.2, 0.25) is 0 Å². The zero-order valence-electron chi connectivity index (χ0n) is 16.3. The molecule has 0 aromatic heterocycles. The molecule has 1 amide bonds. The van der Waals surface area contributed by atoms with E-state index in [1.54, 1.807) is 42.5 Å². The number of carbonyl (C=O) groups is 1. The molecule has 154 valence electrons. The van der Waals surface area contributed by atoms with E-state index in [0.29, 0.717) is 35.8 Å². The highest BCUT2D eigenvalue weighted by Crippen LogP contribution is 2.25. The molecule has 0 spiro atoms. The maximum absolute atomic E-state index is 12.8. The van der Waals surface area contributed by atoms with E-state index in [1.807, 2.05) is 30.3 Å². The number of carbonyl (C=O) groups excluding carboxylic acids is 1. The third-order valence-electron chi connectivity index (χ3n) is 4.87. The molecule has 4 rings (SSSR count). The topological polar surface area (TPSA) is 75.7 Å². The van der Waals surface area contributed by atoms with Crippen molar-refractivity contribution in [3.05, 3.63) is 84.4 Å². The van der Waals surface area contributed by atoms with E-state index < -0.39 is 10.0 Å². The van der Waals surface area contributed by atoms with Crippen LogP contribution in [-0.4, -0.2) is 31.7 Å². The second kappa shape index (κ2) is 8.69. The van der Waals surface area contributed by atoms with Crippen molar-refractivity contribution in [3.63, 3.8) is 0 Å². The number of rotatable bonds is 6. The molecule has 0 atom stereocenters. The van der Waals surface area contributed by atoms with Gasteiger partial charge >= 0.3 is 0 Å². The van der Waals surface area contributed by atoms with Crippen LogP contribution in [-0.2, 0) is 10.0 Å². The maximum Gasteiger partial charge on any atom is 0.255 e. The van der Waals surface area contributed by atoms with Gasteiger partial charge in [0.2, 0.25) is 10.0 Å². The molecule has 1 N–H and O–H groups in total. The average molecular weight is 423 g/mol. The van der Waals surface area contributed by atoms with Gasteiger partial charge in [-0.15, -0.1) is 0 Å². The summed E-state index contributed by atoms with van der Waals surface area (Å²) in [5, 5.41) is 2.77. The fraction of sp³-hybridized carbons (Fsp3) is 0.174. The number of benzene rings is 3. The number of ether oxygens (including phenoxy) is 1. The zero-order valence-corrected chi connectivity index (χ0v) is 17.1. The minimum Gasteiger partial charge on any atom is -0.457 e. The molecule has 0 bridgehead atoms. The van der Waals surface area contributed by atoms with Gasteiger partial charge in [0, 0.05) is 24.3 Å². The van der Waals surface area contributed by atoms with Crippen LogP contribution in [0.3, 0.4) is 0 Å². The molecular formula is C23H22N2O4S. The van der Waals surface area contributed by atoms with Crippen molar-refractivity contribution >= 4 is 21.6 Å². The van der Waals surface area contributed by atoms with Gasteiger partial charge in [-0.25, -0.2) is 8.42 Å². The van der Waals surface area contributed by atoms with Crippen LogP contribution in [0.1, 0.15) is 23.2 Å². The summed E-state index contributed by atoms with van der Waals surface area (Å²) in [6.45, 7) is 1.07. The summed E-state index contributed by atoms with van der Waals surface area (Å²) in [5.74, 6) is 0.873. The summed E-state index contributed by atoms with van der Waals surface area (Å²) >= 11 is 0. The molecule has 1 heterocycles. The molecule has 1 aliphatic rings. The molecule has 3 aromatic carbocycles. The van der Waals surface area contributed by atoms with Crippen LogP contribution < -0.4 is 10.1 Å². The van der Waals surface area contributed by atoms with Crippen LogP contribution >= 0.6 is 0 Å². The number of amides is 1. The number of para-hydroxylation sites is 1. The Morgan fingerprint density at radius 1 is 0.833 bits per heavy atom. The molecule has 0 radical (unpaired) electrons. The van der Waals surface area contributed by atoms with E-state index >= 15 is 0 Å². The molecule has 6 nitrogen and oxygen atoms in total. The van der Waals surface area contributed by atoms with Crippen LogP contribution in [0.4, 0.5) is 5.69 Å². The minimum absolute atomic E-state index is 0.184. The Hall–Kier alpha value is -3.16. The number of sulfonamides is 1.